The normalized spacial score (nSPS) is 23.1. The van der Waals surface area contributed by atoms with Gasteiger partial charge in [-0.25, -0.2) is 4.79 Å². The Hall–Kier alpha value is -1.22. The van der Waals surface area contributed by atoms with Crippen LogP contribution in [0.15, 0.2) is 30.3 Å². The quantitative estimate of drug-likeness (QED) is 0.805. The molecule has 1 aromatic rings. The molecule has 0 spiro atoms. The van der Waals surface area contributed by atoms with Gasteiger partial charge in [0.2, 0.25) is 0 Å². The van der Waals surface area contributed by atoms with Crippen LogP contribution in [0, 0.1) is 5.92 Å². The van der Waals surface area contributed by atoms with E-state index < -0.39 is 5.97 Å². The van der Waals surface area contributed by atoms with Crippen molar-refractivity contribution < 1.29 is 9.90 Å². The number of carboxylic acids is 1. The Balaban J connectivity index is 1.89. The first kappa shape index (κ1) is 15.2. The van der Waals surface area contributed by atoms with Crippen LogP contribution in [0.4, 0.5) is 0 Å². The minimum atomic E-state index is -0.902. The van der Waals surface area contributed by atoms with Gasteiger partial charge >= 0.3 is 5.97 Å². The number of thioether (sulfide) groups is 1. The Bertz CT molecular complexity index is 482. The zero-order valence-corrected chi connectivity index (χ0v) is 12.7. The van der Waals surface area contributed by atoms with Gasteiger partial charge in [0.05, 0.1) is 0 Å². The second-order valence-electron chi connectivity index (χ2n) is 5.62. The molecule has 1 fully saturated rings. The van der Waals surface area contributed by atoms with Crippen LogP contribution in [-0.2, 0) is 10.5 Å². The molecule has 0 heterocycles. The van der Waals surface area contributed by atoms with Gasteiger partial charge in [0.1, 0.15) is 0 Å². The highest BCUT2D eigenvalue weighted by atomic mass is 32.2. The van der Waals surface area contributed by atoms with Crippen LogP contribution in [0.5, 0.6) is 0 Å². The molecule has 2 atom stereocenters. The van der Waals surface area contributed by atoms with E-state index in [2.05, 4.69) is 19.1 Å². The summed E-state index contributed by atoms with van der Waals surface area (Å²) in [6.45, 7) is 2.35. The number of aliphatic carboxylic acids is 1. The lowest BCUT2D eigenvalue weighted by Crippen LogP contribution is -2.15. The first-order valence-corrected chi connectivity index (χ1v) is 8.30. The van der Waals surface area contributed by atoms with Gasteiger partial charge in [-0.2, -0.15) is 11.8 Å². The smallest absolute Gasteiger partial charge is 0.328 e. The first-order valence-electron chi connectivity index (χ1n) is 7.25. The summed E-state index contributed by atoms with van der Waals surface area (Å²) in [5, 5.41) is 9.44. The number of carboxylic acid groups (broad SMARTS) is 1. The Kier molecular flexibility index (Phi) is 5.72. The van der Waals surface area contributed by atoms with E-state index in [4.69, 9.17) is 5.11 Å². The second kappa shape index (κ2) is 7.53. The van der Waals surface area contributed by atoms with Gasteiger partial charge in [-0.3, -0.25) is 0 Å². The number of carbonyl (C=O) groups is 1. The van der Waals surface area contributed by atoms with Gasteiger partial charge in [0, 0.05) is 17.1 Å². The molecule has 2 nitrogen and oxygen atoms in total. The lowest BCUT2D eigenvalue weighted by Gasteiger charge is -2.26. The van der Waals surface area contributed by atoms with E-state index in [0.29, 0.717) is 0 Å². The molecule has 20 heavy (non-hydrogen) atoms. The maximum Gasteiger partial charge on any atom is 0.328 e. The maximum absolute atomic E-state index is 10.5. The average Bonchev–Trinajstić information content (AvgIpc) is 2.43. The molecular formula is C17H22O2S. The Morgan fingerprint density at radius 2 is 2.30 bits per heavy atom. The third-order valence-corrected chi connectivity index (χ3v) is 5.14. The molecule has 1 saturated carbocycles. The molecular weight excluding hydrogens is 268 g/mol. The number of hydrogen-bond acceptors (Lipinski definition) is 2. The summed E-state index contributed by atoms with van der Waals surface area (Å²) in [7, 11) is 0. The zero-order chi connectivity index (χ0) is 14.4. The van der Waals surface area contributed by atoms with Crippen molar-refractivity contribution in [2.75, 3.05) is 0 Å². The van der Waals surface area contributed by atoms with Gasteiger partial charge < -0.3 is 5.11 Å². The van der Waals surface area contributed by atoms with E-state index >= 15 is 0 Å². The fraction of sp³-hybridized carbons (Fsp3) is 0.471. The van der Waals surface area contributed by atoms with E-state index in [1.807, 2.05) is 23.9 Å². The molecule has 0 bridgehead atoms. The van der Waals surface area contributed by atoms with E-state index in [9.17, 15) is 4.79 Å². The summed E-state index contributed by atoms with van der Waals surface area (Å²) < 4.78 is 0. The summed E-state index contributed by atoms with van der Waals surface area (Å²) in [6.07, 6.45) is 8.26. The molecule has 2 unspecified atom stereocenters. The number of hydrogen-bond donors (Lipinski definition) is 1. The number of benzene rings is 1. The molecule has 3 heteroatoms. The summed E-state index contributed by atoms with van der Waals surface area (Å²) in [6, 6.07) is 8.15. The van der Waals surface area contributed by atoms with Crippen molar-refractivity contribution >= 4 is 23.8 Å². The SMILES string of the molecule is CC1CCCC(SCc2cccc(C=CC(=O)O)c2)C1. The highest BCUT2D eigenvalue weighted by molar-refractivity contribution is 7.99. The lowest BCUT2D eigenvalue weighted by molar-refractivity contribution is -0.131. The maximum atomic E-state index is 10.5. The van der Waals surface area contributed by atoms with Crippen LogP contribution in [0.2, 0.25) is 0 Å². The first-order chi connectivity index (χ1) is 9.63. The van der Waals surface area contributed by atoms with Crippen LogP contribution in [0.25, 0.3) is 6.08 Å². The molecule has 108 valence electrons. The van der Waals surface area contributed by atoms with Crippen LogP contribution in [0.1, 0.15) is 43.7 Å². The highest BCUT2D eigenvalue weighted by Crippen LogP contribution is 2.33. The largest absolute Gasteiger partial charge is 0.478 e. The summed E-state index contributed by atoms with van der Waals surface area (Å²) in [5.41, 5.74) is 2.24. The molecule has 0 saturated heterocycles. The van der Waals surface area contributed by atoms with Gasteiger partial charge in [-0.05, 0) is 36.0 Å². The summed E-state index contributed by atoms with van der Waals surface area (Å²) in [5.74, 6) is 0.985. The van der Waals surface area contributed by atoms with Crippen molar-refractivity contribution in [3.8, 4) is 0 Å². The summed E-state index contributed by atoms with van der Waals surface area (Å²) >= 11 is 2.05. The average molecular weight is 290 g/mol. The Morgan fingerprint density at radius 1 is 1.45 bits per heavy atom. The van der Waals surface area contributed by atoms with Gasteiger partial charge in [-0.15, -0.1) is 0 Å². The number of rotatable bonds is 5. The minimum Gasteiger partial charge on any atom is -0.478 e. The molecule has 0 aliphatic heterocycles. The van der Waals surface area contributed by atoms with Gasteiger partial charge in [-0.1, -0.05) is 44.0 Å². The van der Waals surface area contributed by atoms with Gasteiger partial charge in [0.25, 0.3) is 0 Å². The monoisotopic (exact) mass is 290 g/mol. The Labute approximate surface area is 125 Å². The van der Waals surface area contributed by atoms with E-state index in [-0.39, 0.29) is 0 Å². The van der Waals surface area contributed by atoms with E-state index in [0.717, 1.165) is 22.5 Å². The van der Waals surface area contributed by atoms with Crippen LogP contribution in [-0.4, -0.2) is 16.3 Å². The fourth-order valence-electron chi connectivity index (χ4n) is 2.70. The third kappa shape index (κ3) is 5.04. The van der Waals surface area contributed by atoms with Crippen molar-refractivity contribution in [2.45, 2.75) is 43.6 Å². The minimum absolute atomic E-state index is 0.789. The zero-order valence-electron chi connectivity index (χ0n) is 11.9. The van der Waals surface area contributed by atoms with E-state index in [1.54, 1.807) is 6.08 Å². The fourth-order valence-corrected chi connectivity index (χ4v) is 4.10. The van der Waals surface area contributed by atoms with Crippen LogP contribution in [0.3, 0.4) is 0 Å². The molecule has 2 rings (SSSR count). The van der Waals surface area contributed by atoms with Gasteiger partial charge in [0.15, 0.2) is 0 Å². The predicted molar refractivity (Wildman–Crippen MR) is 85.8 cm³/mol. The third-order valence-electron chi connectivity index (χ3n) is 3.74. The molecule has 1 aliphatic carbocycles. The highest BCUT2D eigenvalue weighted by Gasteiger charge is 2.18. The van der Waals surface area contributed by atoms with Crippen molar-refractivity contribution in [1.29, 1.82) is 0 Å². The summed E-state index contributed by atoms with van der Waals surface area (Å²) in [4.78, 5) is 10.5. The standard InChI is InChI=1S/C17H22O2S/c1-13-4-2-7-16(10-13)20-12-15-6-3-5-14(11-15)8-9-17(18)19/h3,5-6,8-9,11,13,16H,2,4,7,10,12H2,1H3,(H,18,19). The van der Waals surface area contributed by atoms with Crippen molar-refractivity contribution in [1.82, 2.24) is 0 Å². The van der Waals surface area contributed by atoms with E-state index in [1.165, 1.54) is 37.3 Å². The molecule has 0 amide bonds. The molecule has 1 N–H and O–H groups in total. The Morgan fingerprint density at radius 3 is 3.05 bits per heavy atom. The molecule has 1 aliphatic rings. The molecule has 1 aromatic carbocycles. The van der Waals surface area contributed by atoms with Crippen LogP contribution < -0.4 is 0 Å². The topological polar surface area (TPSA) is 37.3 Å². The molecule has 0 aromatic heterocycles. The molecule has 0 radical (unpaired) electrons. The van der Waals surface area contributed by atoms with Crippen molar-refractivity contribution in [2.24, 2.45) is 5.92 Å². The lowest BCUT2D eigenvalue weighted by atomic mass is 9.91. The predicted octanol–water partition coefficient (Wildman–Crippen LogP) is 4.60. The van der Waals surface area contributed by atoms with Crippen molar-refractivity contribution in [3.05, 3.63) is 41.5 Å². The second-order valence-corrected chi connectivity index (χ2v) is 6.91. The van der Waals surface area contributed by atoms with Crippen LogP contribution >= 0.6 is 11.8 Å². The van der Waals surface area contributed by atoms with Crippen molar-refractivity contribution in [3.63, 3.8) is 0 Å².